The van der Waals surface area contributed by atoms with Crippen molar-refractivity contribution in [3.8, 4) is 0 Å². The molecule has 1 N–H and O–H groups in total. The molecule has 0 rings (SSSR count). The van der Waals surface area contributed by atoms with Gasteiger partial charge in [0.25, 0.3) is 0 Å². The maximum absolute atomic E-state index is 5.59. The van der Waals surface area contributed by atoms with Gasteiger partial charge in [-0.15, -0.1) is 0 Å². The van der Waals surface area contributed by atoms with Crippen LogP contribution in [0.5, 0.6) is 0 Å². The summed E-state index contributed by atoms with van der Waals surface area (Å²) < 4.78 is 11.2. The van der Waals surface area contributed by atoms with Crippen molar-refractivity contribution in [1.82, 2.24) is 5.32 Å². The quantitative estimate of drug-likeness (QED) is 0.593. The molecule has 3 heteroatoms. The van der Waals surface area contributed by atoms with Crippen molar-refractivity contribution in [2.24, 2.45) is 0 Å². The molecule has 13 heavy (non-hydrogen) atoms. The van der Waals surface area contributed by atoms with E-state index < -0.39 is 5.91 Å². The minimum atomic E-state index is -0.556. The molecule has 0 aliphatic heterocycles. The van der Waals surface area contributed by atoms with E-state index in [1.807, 2.05) is 20.9 Å². The van der Waals surface area contributed by atoms with Crippen LogP contribution in [0.3, 0.4) is 0 Å². The van der Waals surface area contributed by atoms with Crippen LogP contribution in [0.2, 0.25) is 0 Å². The molecule has 80 valence electrons. The van der Waals surface area contributed by atoms with E-state index in [2.05, 4.69) is 12.2 Å². The molecule has 3 nitrogen and oxygen atoms in total. The Morgan fingerprint density at radius 1 is 1.08 bits per heavy atom. The zero-order chi connectivity index (χ0) is 10.2. The number of hydrogen-bond donors (Lipinski definition) is 1. The van der Waals surface area contributed by atoms with Gasteiger partial charge in [-0.05, 0) is 27.3 Å². The van der Waals surface area contributed by atoms with Crippen molar-refractivity contribution in [3.05, 3.63) is 0 Å². The highest BCUT2D eigenvalue weighted by Gasteiger charge is 2.28. The number of hydrogen-bond acceptors (Lipinski definition) is 3. The fraction of sp³-hybridized carbons (Fsp3) is 1.00. The molecule has 0 aliphatic rings. The molecule has 0 saturated heterocycles. The number of unbranched alkanes of at least 4 members (excludes halogenated alkanes) is 1. The number of nitrogens with one attached hydrogen (secondary N) is 1. The van der Waals surface area contributed by atoms with Crippen molar-refractivity contribution in [3.63, 3.8) is 0 Å². The van der Waals surface area contributed by atoms with Crippen molar-refractivity contribution in [2.45, 2.75) is 45.9 Å². The van der Waals surface area contributed by atoms with Crippen LogP contribution in [0.15, 0.2) is 0 Å². The second-order valence-corrected chi connectivity index (χ2v) is 2.97. The summed E-state index contributed by atoms with van der Waals surface area (Å²) in [5.74, 6) is -0.556. The van der Waals surface area contributed by atoms with Gasteiger partial charge in [0.2, 0.25) is 5.91 Å². The molecule has 0 aromatic heterocycles. The van der Waals surface area contributed by atoms with Crippen LogP contribution in [-0.2, 0) is 9.47 Å². The summed E-state index contributed by atoms with van der Waals surface area (Å²) in [6.45, 7) is 7.47. The van der Waals surface area contributed by atoms with E-state index in [9.17, 15) is 0 Å². The third-order valence-electron chi connectivity index (χ3n) is 2.00. The second-order valence-electron chi connectivity index (χ2n) is 2.97. The second kappa shape index (κ2) is 7.30. The number of ether oxygens (including phenoxy) is 2. The number of rotatable bonds is 8. The van der Waals surface area contributed by atoms with Gasteiger partial charge in [-0.1, -0.05) is 13.3 Å². The first kappa shape index (κ1) is 12.9. The Bertz CT molecular complexity index is 111. The van der Waals surface area contributed by atoms with E-state index >= 15 is 0 Å². The minimum absolute atomic E-state index is 0.556. The SMILES string of the molecule is CCCCC(NC)(OCC)OCC. The Morgan fingerprint density at radius 2 is 1.62 bits per heavy atom. The van der Waals surface area contributed by atoms with E-state index in [1.54, 1.807) is 0 Å². The molecule has 0 bridgehead atoms. The molecule has 0 aromatic carbocycles. The van der Waals surface area contributed by atoms with E-state index in [-0.39, 0.29) is 0 Å². The molecule has 0 heterocycles. The highest BCUT2D eigenvalue weighted by Crippen LogP contribution is 2.17. The van der Waals surface area contributed by atoms with E-state index in [4.69, 9.17) is 9.47 Å². The molecule has 0 aliphatic carbocycles. The highest BCUT2D eigenvalue weighted by molar-refractivity contribution is 4.64. The summed E-state index contributed by atoms with van der Waals surface area (Å²) in [5, 5.41) is 3.11. The average molecular weight is 189 g/mol. The van der Waals surface area contributed by atoms with Crippen LogP contribution in [0.4, 0.5) is 0 Å². The molecule has 0 amide bonds. The molecule has 0 saturated carbocycles. The van der Waals surface area contributed by atoms with Gasteiger partial charge in [-0.25, -0.2) is 0 Å². The van der Waals surface area contributed by atoms with Crippen LogP contribution in [-0.4, -0.2) is 26.2 Å². The van der Waals surface area contributed by atoms with E-state index in [0.717, 1.165) is 19.3 Å². The Labute approximate surface area is 81.8 Å². The molecule has 0 fully saturated rings. The van der Waals surface area contributed by atoms with Gasteiger partial charge < -0.3 is 9.47 Å². The van der Waals surface area contributed by atoms with Gasteiger partial charge >= 0.3 is 0 Å². The topological polar surface area (TPSA) is 30.5 Å². The first-order valence-electron chi connectivity index (χ1n) is 5.21. The highest BCUT2D eigenvalue weighted by atomic mass is 16.7. The smallest absolute Gasteiger partial charge is 0.227 e. The lowest BCUT2D eigenvalue weighted by molar-refractivity contribution is -0.253. The van der Waals surface area contributed by atoms with E-state index in [0.29, 0.717) is 13.2 Å². The zero-order valence-electron chi connectivity index (χ0n) is 9.35. The summed E-state index contributed by atoms with van der Waals surface area (Å²) in [6.07, 6.45) is 3.17. The summed E-state index contributed by atoms with van der Waals surface area (Å²) in [6, 6.07) is 0. The Kier molecular flexibility index (Phi) is 7.23. The Balaban J connectivity index is 4.07. The predicted molar refractivity (Wildman–Crippen MR) is 54.6 cm³/mol. The zero-order valence-corrected chi connectivity index (χ0v) is 9.35. The largest absolute Gasteiger partial charge is 0.338 e. The summed E-state index contributed by atoms with van der Waals surface area (Å²) in [5.41, 5.74) is 0. The van der Waals surface area contributed by atoms with Crippen LogP contribution in [0.1, 0.15) is 40.0 Å². The molecule has 0 atom stereocenters. The van der Waals surface area contributed by atoms with Gasteiger partial charge in [0.15, 0.2) is 0 Å². The maximum Gasteiger partial charge on any atom is 0.227 e. The molecule has 0 radical (unpaired) electrons. The van der Waals surface area contributed by atoms with Crippen LogP contribution in [0, 0.1) is 0 Å². The molecule has 0 unspecified atom stereocenters. The van der Waals surface area contributed by atoms with Crippen molar-refractivity contribution < 1.29 is 9.47 Å². The first-order chi connectivity index (χ1) is 6.24. The lowest BCUT2D eigenvalue weighted by Crippen LogP contribution is -2.48. The molecular formula is C10H23NO2. The van der Waals surface area contributed by atoms with Gasteiger partial charge in [0.05, 0.1) is 0 Å². The fourth-order valence-electron chi connectivity index (χ4n) is 1.33. The lowest BCUT2D eigenvalue weighted by Gasteiger charge is -2.32. The Morgan fingerprint density at radius 3 is 1.92 bits per heavy atom. The van der Waals surface area contributed by atoms with Crippen LogP contribution >= 0.6 is 0 Å². The molecule has 0 spiro atoms. The molecule has 0 aromatic rings. The summed E-state index contributed by atoms with van der Waals surface area (Å²) >= 11 is 0. The van der Waals surface area contributed by atoms with Crippen molar-refractivity contribution in [2.75, 3.05) is 20.3 Å². The van der Waals surface area contributed by atoms with Gasteiger partial charge in [-0.3, -0.25) is 5.32 Å². The normalized spacial score (nSPS) is 12.0. The summed E-state index contributed by atoms with van der Waals surface area (Å²) in [4.78, 5) is 0. The third kappa shape index (κ3) is 4.60. The van der Waals surface area contributed by atoms with Crippen LogP contribution in [0.25, 0.3) is 0 Å². The predicted octanol–water partition coefficient (Wildman–Crippen LogP) is 2.12. The van der Waals surface area contributed by atoms with E-state index in [1.165, 1.54) is 0 Å². The van der Waals surface area contributed by atoms with Crippen molar-refractivity contribution in [1.29, 1.82) is 0 Å². The average Bonchev–Trinajstić information content (AvgIpc) is 2.15. The van der Waals surface area contributed by atoms with Crippen molar-refractivity contribution >= 4 is 0 Å². The third-order valence-corrected chi connectivity index (χ3v) is 2.00. The van der Waals surface area contributed by atoms with Gasteiger partial charge in [0.1, 0.15) is 0 Å². The monoisotopic (exact) mass is 189 g/mol. The summed E-state index contributed by atoms with van der Waals surface area (Å²) in [7, 11) is 1.88. The van der Waals surface area contributed by atoms with Crippen LogP contribution < -0.4 is 5.32 Å². The van der Waals surface area contributed by atoms with Gasteiger partial charge in [-0.2, -0.15) is 0 Å². The minimum Gasteiger partial charge on any atom is -0.338 e. The fourth-order valence-corrected chi connectivity index (χ4v) is 1.33. The maximum atomic E-state index is 5.59. The lowest BCUT2D eigenvalue weighted by atomic mass is 10.2. The first-order valence-corrected chi connectivity index (χ1v) is 5.21. The Hall–Kier alpha value is -0.120. The standard InChI is InChI=1S/C10H23NO2/c1-5-8-9-10(11-4,12-6-2)13-7-3/h11H,5-9H2,1-4H3. The molecular weight excluding hydrogens is 166 g/mol. The van der Waals surface area contributed by atoms with Gasteiger partial charge in [0, 0.05) is 19.6 Å².